The third-order valence-corrected chi connectivity index (χ3v) is 6.52. The Morgan fingerprint density at radius 1 is 1.22 bits per heavy atom. The molecule has 1 unspecified atom stereocenters. The number of hydrogen-bond acceptors (Lipinski definition) is 4. The van der Waals surface area contributed by atoms with E-state index in [1.165, 1.54) is 4.90 Å². The Hall–Kier alpha value is -3.42. The second-order valence-corrected chi connectivity index (χ2v) is 8.68. The molecule has 0 spiro atoms. The van der Waals surface area contributed by atoms with E-state index in [-0.39, 0.29) is 30.3 Å². The molecular weight excluding hydrogens is 406 g/mol. The molecule has 0 bridgehead atoms. The zero-order valence-corrected chi connectivity index (χ0v) is 18.6. The summed E-state index contributed by atoms with van der Waals surface area (Å²) in [7, 11) is 0. The second kappa shape index (κ2) is 8.61. The Balaban J connectivity index is 1.43. The van der Waals surface area contributed by atoms with Gasteiger partial charge in [-0.3, -0.25) is 14.5 Å². The summed E-state index contributed by atoms with van der Waals surface area (Å²) < 4.78 is 1.69. The van der Waals surface area contributed by atoms with E-state index in [9.17, 15) is 14.4 Å². The molecular formula is C24H29N5O3. The molecule has 2 aromatic rings. The molecule has 0 saturated carbocycles. The molecule has 1 atom stereocenters. The van der Waals surface area contributed by atoms with E-state index in [1.54, 1.807) is 28.9 Å². The SMILES string of the molecule is C=C(C)CN1C(=O)NC(CC)(C2CCN(C(=O)c3cnn(-c4ccccc4)c3)CC2)C1=O. The van der Waals surface area contributed by atoms with E-state index in [0.29, 0.717) is 37.9 Å². The van der Waals surface area contributed by atoms with Gasteiger partial charge < -0.3 is 10.2 Å². The average Bonchev–Trinajstić information content (AvgIpc) is 3.39. The first-order valence-electron chi connectivity index (χ1n) is 11.0. The molecule has 168 valence electrons. The fourth-order valence-corrected chi connectivity index (χ4v) is 4.78. The Kier molecular flexibility index (Phi) is 5.86. The Morgan fingerprint density at radius 2 is 1.91 bits per heavy atom. The standard InChI is InChI=1S/C24H29N5O3/c1-4-24(22(31)28(15-17(2)3)23(32)26-24)19-10-12-27(13-11-19)21(30)18-14-25-29(16-18)20-8-6-5-7-9-20/h5-9,14,16,19H,2,4,10-13,15H2,1,3H3,(H,26,32). The van der Waals surface area contributed by atoms with Gasteiger partial charge in [0.2, 0.25) is 0 Å². The molecule has 1 aromatic carbocycles. The Morgan fingerprint density at radius 3 is 2.53 bits per heavy atom. The summed E-state index contributed by atoms with van der Waals surface area (Å²) in [5.41, 5.74) is 1.29. The number of urea groups is 1. The van der Waals surface area contributed by atoms with E-state index in [2.05, 4.69) is 17.0 Å². The number of hydrogen-bond donors (Lipinski definition) is 1. The third kappa shape index (κ3) is 3.81. The minimum absolute atomic E-state index is 0.0184. The number of nitrogens with zero attached hydrogens (tertiary/aromatic N) is 4. The molecule has 3 heterocycles. The van der Waals surface area contributed by atoms with Gasteiger partial charge in [-0.05, 0) is 44.2 Å². The van der Waals surface area contributed by atoms with E-state index < -0.39 is 5.54 Å². The van der Waals surface area contributed by atoms with Crippen LogP contribution in [-0.4, -0.2) is 62.6 Å². The first-order valence-corrected chi connectivity index (χ1v) is 11.0. The highest BCUT2D eigenvalue weighted by Gasteiger charge is 2.54. The van der Waals surface area contributed by atoms with Gasteiger partial charge in [0.15, 0.2) is 0 Å². The number of piperidine rings is 1. The number of carbonyl (C=O) groups excluding carboxylic acids is 3. The fourth-order valence-electron chi connectivity index (χ4n) is 4.78. The maximum atomic E-state index is 13.2. The number of carbonyl (C=O) groups is 3. The van der Waals surface area contributed by atoms with Gasteiger partial charge in [-0.1, -0.05) is 37.3 Å². The quantitative estimate of drug-likeness (QED) is 0.558. The molecule has 4 amide bonds. The van der Waals surface area contributed by atoms with E-state index >= 15 is 0 Å². The highest BCUT2D eigenvalue weighted by atomic mass is 16.2. The van der Waals surface area contributed by atoms with Crippen LogP contribution >= 0.6 is 0 Å². The molecule has 2 saturated heterocycles. The molecule has 1 aromatic heterocycles. The van der Waals surface area contributed by atoms with Gasteiger partial charge >= 0.3 is 6.03 Å². The van der Waals surface area contributed by atoms with Gasteiger partial charge in [-0.2, -0.15) is 5.10 Å². The van der Waals surface area contributed by atoms with Crippen molar-refractivity contribution in [2.24, 2.45) is 5.92 Å². The summed E-state index contributed by atoms with van der Waals surface area (Å²) in [4.78, 5) is 41.8. The summed E-state index contributed by atoms with van der Waals surface area (Å²) >= 11 is 0. The van der Waals surface area contributed by atoms with Gasteiger partial charge in [0.1, 0.15) is 5.54 Å². The van der Waals surface area contributed by atoms with Crippen LogP contribution in [0.2, 0.25) is 0 Å². The third-order valence-electron chi connectivity index (χ3n) is 6.52. The number of aromatic nitrogens is 2. The van der Waals surface area contributed by atoms with Crippen molar-refractivity contribution in [3.63, 3.8) is 0 Å². The van der Waals surface area contributed by atoms with Crippen molar-refractivity contribution in [1.82, 2.24) is 24.9 Å². The predicted molar refractivity (Wildman–Crippen MR) is 120 cm³/mol. The molecule has 8 heteroatoms. The van der Waals surface area contributed by atoms with Crippen molar-refractivity contribution in [2.75, 3.05) is 19.6 Å². The van der Waals surface area contributed by atoms with Crippen molar-refractivity contribution >= 4 is 17.8 Å². The zero-order valence-electron chi connectivity index (χ0n) is 18.6. The summed E-state index contributed by atoms with van der Waals surface area (Å²) in [6.07, 6.45) is 5.16. The van der Waals surface area contributed by atoms with Gasteiger partial charge in [0.05, 0.1) is 24.0 Å². The minimum atomic E-state index is -0.903. The van der Waals surface area contributed by atoms with E-state index in [1.807, 2.05) is 37.3 Å². The molecule has 4 rings (SSSR count). The van der Waals surface area contributed by atoms with Gasteiger partial charge in [0.25, 0.3) is 11.8 Å². The Bertz CT molecular complexity index is 1040. The minimum Gasteiger partial charge on any atom is -0.339 e. The monoisotopic (exact) mass is 435 g/mol. The summed E-state index contributed by atoms with van der Waals surface area (Å²) in [5, 5.41) is 7.29. The van der Waals surface area contributed by atoms with Crippen LogP contribution in [0.4, 0.5) is 4.79 Å². The molecule has 2 fully saturated rings. The molecule has 2 aliphatic heterocycles. The number of imide groups is 1. The maximum absolute atomic E-state index is 13.2. The summed E-state index contributed by atoms with van der Waals surface area (Å²) in [6.45, 7) is 8.86. The van der Waals surface area contributed by atoms with Crippen molar-refractivity contribution in [3.8, 4) is 5.69 Å². The smallest absolute Gasteiger partial charge is 0.325 e. The highest BCUT2D eigenvalue weighted by molar-refractivity contribution is 6.07. The molecule has 0 aliphatic carbocycles. The van der Waals surface area contributed by atoms with Crippen molar-refractivity contribution in [3.05, 3.63) is 60.4 Å². The lowest BCUT2D eigenvalue weighted by Crippen LogP contribution is -2.56. The summed E-state index contributed by atoms with van der Waals surface area (Å²) in [6, 6.07) is 9.29. The lowest BCUT2D eigenvalue weighted by Gasteiger charge is -2.40. The van der Waals surface area contributed by atoms with Crippen LogP contribution in [0, 0.1) is 5.92 Å². The van der Waals surface area contributed by atoms with Crippen LogP contribution in [-0.2, 0) is 4.79 Å². The van der Waals surface area contributed by atoms with Crippen LogP contribution in [0.25, 0.3) is 5.69 Å². The highest BCUT2D eigenvalue weighted by Crippen LogP contribution is 2.36. The number of benzene rings is 1. The van der Waals surface area contributed by atoms with Gasteiger partial charge in [-0.25, -0.2) is 9.48 Å². The lowest BCUT2D eigenvalue weighted by atomic mass is 9.75. The topological polar surface area (TPSA) is 87.5 Å². The second-order valence-electron chi connectivity index (χ2n) is 8.68. The van der Waals surface area contributed by atoms with Crippen LogP contribution in [0.15, 0.2) is 54.9 Å². The number of para-hydroxylation sites is 1. The van der Waals surface area contributed by atoms with Crippen LogP contribution in [0.3, 0.4) is 0 Å². The van der Waals surface area contributed by atoms with Crippen molar-refractivity contribution in [2.45, 2.75) is 38.6 Å². The number of amides is 4. The number of nitrogens with one attached hydrogen (secondary N) is 1. The van der Waals surface area contributed by atoms with E-state index in [4.69, 9.17) is 0 Å². The van der Waals surface area contributed by atoms with Crippen LogP contribution in [0.1, 0.15) is 43.5 Å². The van der Waals surface area contributed by atoms with Gasteiger partial charge in [-0.15, -0.1) is 0 Å². The molecule has 32 heavy (non-hydrogen) atoms. The lowest BCUT2D eigenvalue weighted by molar-refractivity contribution is -0.133. The fraction of sp³-hybridized carbons (Fsp3) is 0.417. The first kappa shape index (κ1) is 21.8. The van der Waals surface area contributed by atoms with Gasteiger partial charge in [0, 0.05) is 19.3 Å². The van der Waals surface area contributed by atoms with Crippen molar-refractivity contribution < 1.29 is 14.4 Å². The summed E-state index contributed by atoms with van der Waals surface area (Å²) in [5.74, 6) is -0.265. The maximum Gasteiger partial charge on any atom is 0.325 e. The van der Waals surface area contributed by atoms with Crippen LogP contribution < -0.4 is 5.32 Å². The zero-order chi connectivity index (χ0) is 22.9. The first-order chi connectivity index (χ1) is 15.4. The van der Waals surface area contributed by atoms with E-state index in [0.717, 1.165) is 11.3 Å². The molecule has 1 N–H and O–H groups in total. The number of likely N-dealkylation sites (tertiary alicyclic amines) is 1. The molecule has 8 nitrogen and oxygen atoms in total. The molecule has 2 aliphatic rings. The predicted octanol–water partition coefficient (Wildman–Crippen LogP) is 3.00. The Labute approximate surface area is 187 Å². The largest absolute Gasteiger partial charge is 0.339 e. The number of rotatable bonds is 6. The van der Waals surface area contributed by atoms with Crippen LogP contribution in [0.5, 0.6) is 0 Å². The van der Waals surface area contributed by atoms with Crippen molar-refractivity contribution in [1.29, 1.82) is 0 Å². The molecule has 0 radical (unpaired) electrons. The normalized spacial score (nSPS) is 21.7. The average molecular weight is 436 g/mol.